The molecule has 1 atom stereocenters. The summed E-state index contributed by atoms with van der Waals surface area (Å²) < 4.78 is 23.0. The summed E-state index contributed by atoms with van der Waals surface area (Å²) in [4.78, 5) is 27.2. The molecule has 0 bridgehead atoms. The van der Waals surface area contributed by atoms with Crippen LogP contribution < -0.4 is 0 Å². The van der Waals surface area contributed by atoms with Crippen molar-refractivity contribution >= 4 is 21.7 Å². The highest BCUT2D eigenvalue weighted by molar-refractivity contribution is 7.91. The molecule has 1 aromatic carbocycles. The van der Waals surface area contributed by atoms with Gasteiger partial charge in [-0.2, -0.15) is 0 Å². The van der Waals surface area contributed by atoms with Crippen LogP contribution in [0.4, 0.5) is 0 Å². The van der Waals surface area contributed by atoms with Gasteiger partial charge >= 0.3 is 0 Å². The third-order valence-electron chi connectivity index (χ3n) is 4.38. The molecule has 2 amide bonds. The standard InChI is InChI=1S/C17H24N2O4S/c1-18(2)17(21)14-7-4-13(5-8-14)6-9-16(20)19(3)15-10-11-24(22,23)12-15/h4-5,7-8,15H,6,9-12H2,1-3H3. The van der Waals surface area contributed by atoms with Crippen molar-refractivity contribution < 1.29 is 18.0 Å². The van der Waals surface area contributed by atoms with Crippen LogP contribution in [0.25, 0.3) is 0 Å². The number of hydrogen-bond donors (Lipinski definition) is 0. The number of carbonyl (C=O) groups is 2. The van der Waals surface area contributed by atoms with E-state index < -0.39 is 9.84 Å². The minimum Gasteiger partial charge on any atom is -0.345 e. The van der Waals surface area contributed by atoms with E-state index in [1.165, 1.54) is 4.90 Å². The van der Waals surface area contributed by atoms with Gasteiger partial charge in [0.05, 0.1) is 11.5 Å². The van der Waals surface area contributed by atoms with Crippen LogP contribution in [-0.2, 0) is 21.1 Å². The lowest BCUT2D eigenvalue weighted by Gasteiger charge is -2.23. The Morgan fingerprint density at radius 2 is 1.75 bits per heavy atom. The van der Waals surface area contributed by atoms with Crippen molar-refractivity contribution in [3.05, 3.63) is 35.4 Å². The Morgan fingerprint density at radius 1 is 1.12 bits per heavy atom. The van der Waals surface area contributed by atoms with Gasteiger partial charge in [-0.05, 0) is 30.5 Å². The summed E-state index contributed by atoms with van der Waals surface area (Å²) in [6, 6.07) is 7.02. The van der Waals surface area contributed by atoms with Crippen LogP contribution in [-0.4, -0.2) is 68.7 Å². The molecule has 1 unspecified atom stereocenters. The first-order valence-corrected chi connectivity index (χ1v) is 9.78. The summed E-state index contributed by atoms with van der Waals surface area (Å²) in [5.41, 5.74) is 1.59. The number of rotatable bonds is 5. The van der Waals surface area contributed by atoms with Crippen LogP contribution in [0, 0.1) is 0 Å². The number of nitrogens with zero attached hydrogens (tertiary/aromatic N) is 2. The fourth-order valence-electron chi connectivity index (χ4n) is 2.78. The Morgan fingerprint density at radius 3 is 2.25 bits per heavy atom. The molecule has 2 rings (SSSR count). The smallest absolute Gasteiger partial charge is 0.253 e. The number of sulfone groups is 1. The highest BCUT2D eigenvalue weighted by Gasteiger charge is 2.32. The topological polar surface area (TPSA) is 74.8 Å². The maximum absolute atomic E-state index is 12.2. The molecule has 0 aromatic heterocycles. The van der Waals surface area contributed by atoms with E-state index in [-0.39, 0.29) is 29.4 Å². The van der Waals surface area contributed by atoms with Gasteiger partial charge in [0.25, 0.3) is 5.91 Å². The van der Waals surface area contributed by atoms with Crippen LogP contribution in [0.5, 0.6) is 0 Å². The molecule has 0 radical (unpaired) electrons. The molecular formula is C17H24N2O4S. The number of aryl methyl sites for hydroxylation is 1. The molecule has 0 saturated carbocycles. The van der Waals surface area contributed by atoms with E-state index in [9.17, 15) is 18.0 Å². The number of amides is 2. The lowest BCUT2D eigenvalue weighted by Crippen LogP contribution is -2.37. The quantitative estimate of drug-likeness (QED) is 0.791. The van der Waals surface area contributed by atoms with Crippen molar-refractivity contribution in [2.45, 2.75) is 25.3 Å². The third-order valence-corrected chi connectivity index (χ3v) is 6.13. The Bertz CT molecular complexity index is 711. The molecule has 0 spiro atoms. The van der Waals surface area contributed by atoms with Crippen molar-refractivity contribution in [3.63, 3.8) is 0 Å². The first-order valence-electron chi connectivity index (χ1n) is 7.96. The molecule has 1 aliphatic rings. The second kappa shape index (κ2) is 7.34. The highest BCUT2D eigenvalue weighted by atomic mass is 32.2. The minimum atomic E-state index is -2.99. The Labute approximate surface area is 143 Å². The van der Waals surface area contributed by atoms with Gasteiger partial charge in [0, 0.05) is 39.2 Å². The first-order chi connectivity index (χ1) is 11.2. The van der Waals surface area contributed by atoms with Crippen molar-refractivity contribution in [1.29, 1.82) is 0 Å². The summed E-state index contributed by atoms with van der Waals surface area (Å²) in [6.07, 6.45) is 1.42. The molecule has 7 heteroatoms. The van der Waals surface area contributed by atoms with Crippen LogP contribution in [0.15, 0.2) is 24.3 Å². The maximum Gasteiger partial charge on any atom is 0.253 e. The van der Waals surface area contributed by atoms with Gasteiger partial charge in [-0.15, -0.1) is 0 Å². The lowest BCUT2D eigenvalue weighted by molar-refractivity contribution is -0.131. The van der Waals surface area contributed by atoms with E-state index in [1.54, 1.807) is 38.2 Å². The van der Waals surface area contributed by atoms with Crippen LogP contribution >= 0.6 is 0 Å². The van der Waals surface area contributed by atoms with Gasteiger partial charge in [-0.1, -0.05) is 12.1 Å². The summed E-state index contributed by atoms with van der Waals surface area (Å²) >= 11 is 0. The van der Waals surface area contributed by atoms with Crippen molar-refractivity contribution in [2.75, 3.05) is 32.6 Å². The van der Waals surface area contributed by atoms with Crippen molar-refractivity contribution in [2.24, 2.45) is 0 Å². The predicted molar refractivity (Wildman–Crippen MR) is 92.6 cm³/mol. The van der Waals surface area contributed by atoms with Gasteiger partial charge in [0.1, 0.15) is 0 Å². The molecule has 1 aromatic rings. The number of hydrogen-bond acceptors (Lipinski definition) is 4. The first kappa shape index (κ1) is 18.4. The summed E-state index contributed by atoms with van der Waals surface area (Å²) in [5, 5.41) is 0. The molecule has 1 fully saturated rings. The van der Waals surface area contributed by atoms with Gasteiger partial charge in [-0.25, -0.2) is 8.42 Å². The SMILES string of the molecule is CN(C)C(=O)c1ccc(CCC(=O)N(C)C2CCS(=O)(=O)C2)cc1. The van der Waals surface area contributed by atoms with E-state index in [4.69, 9.17) is 0 Å². The zero-order chi connectivity index (χ0) is 17.9. The van der Waals surface area contributed by atoms with Crippen molar-refractivity contribution in [3.8, 4) is 0 Å². The molecule has 1 heterocycles. The van der Waals surface area contributed by atoms with Crippen LogP contribution in [0.1, 0.15) is 28.8 Å². The largest absolute Gasteiger partial charge is 0.345 e. The molecule has 1 saturated heterocycles. The van der Waals surface area contributed by atoms with E-state index >= 15 is 0 Å². The molecule has 1 aliphatic heterocycles. The molecule has 6 nitrogen and oxygen atoms in total. The van der Waals surface area contributed by atoms with Crippen molar-refractivity contribution in [1.82, 2.24) is 9.80 Å². The zero-order valence-electron chi connectivity index (χ0n) is 14.4. The van der Waals surface area contributed by atoms with Gasteiger partial charge in [0.2, 0.25) is 5.91 Å². The summed E-state index contributed by atoms with van der Waals surface area (Å²) in [7, 11) is 2.09. The minimum absolute atomic E-state index is 0.0504. The highest BCUT2D eigenvalue weighted by Crippen LogP contribution is 2.18. The van der Waals surface area contributed by atoms with E-state index in [1.807, 2.05) is 12.1 Å². The molecule has 24 heavy (non-hydrogen) atoms. The molecule has 0 N–H and O–H groups in total. The number of benzene rings is 1. The van der Waals surface area contributed by atoms with E-state index in [2.05, 4.69) is 0 Å². The predicted octanol–water partition coefficient (Wildman–Crippen LogP) is 0.967. The Balaban J connectivity index is 1.89. The molecule has 0 aliphatic carbocycles. The monoisotopic (exact) mass is 352 g/mol. The average Bonchev–Trinajstić information content (AvgIpc) is 2.91. The fourth-order valence-corrected chi connectivity index (χ4v) is 4.56. The maximum atomic E-state index is 12.2. The molecule has 132 valence electrons. The van der Waals surface area contributed by atoms with Gasteiger partial charge in [0.15, 0.2) is 9.84 Å². The molecular weight excluding hydrogens is 328 g/mol. The lowest BCUT2D eigenvalue weighted by atomic mass is 10.1. The van der Waals surface area contributed by atoms with E-state index in [0.717, 1.165) is 5.56 Å². The van der Waals surface area contributed by atoms with E-state index in [0.29, 0.717) is 24.8 Å². The number of carbonyl (C=O) groups excluding carboxylic acids is 2. The summed E-state index contributed by atoms with van der Waals surface area (Å²) in [5.74, 6) is 0.123. The fraction of sp³-hybridized carbons (Fsp3) is 0.529. The van der Waals surface area contributed by atoms with Gasteiger partial charge < -0.3 is 9.80 Å². The normalized spacial score (nSPS) is 19.0. The second-order valence-electron chi connectivity index (χ2n) is 6.46. The van der Waals surface area contributed by atoms with Crippen LogP contribution in [0.3, 0.4) is 0 Å². The van der Waals surface area contributed by atoms with Crippen LogP contribution in [0.2, 0.25) is 0 Å². The Kier molecular flexibility index (Phi) is 5.64. The zero-order valence-corrected chi connectivity index (χ0v) is 15.2. The summed E-state index contributed by atoms with van der Waals surface area (Å²) in [6.45, 7) is 0. The Hall–Kier alpha value is -1.89. The average molecular weight is 352 g/mol. The third kappa shape index (κ3) is 4.56. The van der Waals surface area contributed by atoms with Gasteiger partial charge in [-0.3, -0.25) is 9.59 Å². The second-order valence-corrected chi connectivity index (χ2v) is 8.69.